The first-order valence-corrected chi connectivity index (χ1v) is 8.61. The highest BCUT2D eigenvalue weighted by Crippen LogP contribution is 2.26. The second kappa shape index (κ2) is 6.27. The summed E-state index contributed by atoms with van der Waals surface area (Å²) in [6.07, 6.45) is 7.46. The zero-order valence-electron chi connectivity index (χ0n) is 12.2. The Bertz CT molecular complexity index is 459. The summed E-state index contributed by atoms with van der Waals surface area (Å²) in [6, 6.07) is 6.04. The fourth-order valence-electron chi connectivity index (χ4n) is 3.52. The Morgan fingerprint density at radius 2 is 2.10 bits per heavy atom. The molecule has 3 nitrogen and oxygen atoms in total. The summed E-state index contributed by atoms with van der Waals surface area (Å²) < 4.78 is 0. The van der Waals surface area contributed by atoms with E-state index in [4.69, 9.17) is 0 Å². The quantitative estimate of drug-likeness (QED) is 0.876. The molecule has 2 fully saturated rings. The van der Waals surface area contributed by atoms with Gasteiger partial charge < -0.3 is 10.6 Å². The number of rotatable bonds is 5. The number of thiophene rings is 1. The van der Waals surface area contributed by atoms with Gasteiger partial charge in [0.2, 0.25) is 5.91 Å². The van der Waals surface area contributed by atoms with Crippen LogP contribution >= 0.6 is 11.3 Å². The third-order valence-corrected chi connectivity index (χ3v) is 5.52. The lowest BCUT2D eigenvalue weighted by Gasteiger charge is -2.29. The summed E-state index contributed by atoms with van der Waals surface area (Å²) in [5.74, 6) is 0.240. The van der Waals surface area contributed by atoms with Gasteiger partial charge in [0.05, 0.1) is 0 Å². The first kappa shape index (κ1) is 14.1. The molecule has 2 aliphatic rings. The summed E-state index contributed by atoms with van der Waals surface area (Å²) in [6.45, 7) is 2.13. The Morgan fingerprint density at radius 3 is 2.75 bits per heavy atom. The molecule has 0 aromatic carbocycles. The van der Waals surface area contributed by atoms with Gasteiger partial charge in [0.1, 0.15) is 0 Å². The molecule has 3 rings (SSSR count). The molecule has 4 heteroatoms. The van der Waals surface area contributed by atoms with Crippen LogP contribution < -0.4 is 10.6 Å². The van der Waals surface area contributed by atoms with Gasteiger partial charge in [-0.25, -0.2) is 0 Å². The Labute approximate surface area is 125 Å². The van der Waals surface area contributed by atoms with Crippen LogP contribution in [0.15, 0.2) is 12.1 Å². The minimum absolute atomic E-state index is 0.240. The third-order valence-electron chi connectivity index (χ3n) is 4.46. The van der Waals surface area contributed by atoms with Crippen molar-refractivity contribution < 1.29 is 4.79 Å². The Balaban J connectivity index is 1.37. The van der Waals surface area contributed by atoms with Crippen molar-refractivity contribution in [1.29, 1.82) is 0 Å². The van der Waals surface area contributed by atoms with E-state index in [1.807, 2.05) is 11.3 Å². The third kappa shape index (κ3) is 3.61. The molecule has 0 spiro atoms. The van der Waals surface area contributed by atoms with E-state index in [1.54, 1.807) is 0 Å². The minimum Gasteiger partial charge on any atom is -0.353 e. The molecule has 2 saturated heterocycles. The number of nitrogens with one attached hydrogen (secondary N) is 2. The Kier molecular flexibility index (Phi) is 4.41. The maximum absolute atomic E-state index is 12.0. The lowest BCUT2D eigenvalue weighted by atomic mass is 9.99. The van der Waals surface area contributed by atoms with E-state index < -0.39 is 0 Å². The van der Waals surface area contributed by atoms with Gasteiger partial charge in [-0.05, 0) is 57.6 Å². The highest BCUT2D eigenvalue weighted by molar-refractivity contribution is 7.11. The first-order valence-electron chi connectivity index (χ1n) is 7.80. The van der Waals surface area contributed by atoms with E-state index in [1.165, 1.54) is 22.6 Å². The molecule has 110 valence electrons. The number of hydrogen-bond donors (Lipinski definition) is 2. The topological polar surface area (TPSA) is 41.1 Å². The van der Waals surface area contributed by atoms with Gasteiger partial charge in [-0.15, -0.1) is 11.3 Å². The Hall–Kier alpha value is -0.870. The standard InChI is InChI=1S/C16H24N2OS/c1-11-5-8-15(20-11)3-2-4-16(19)18-14-9-12-6-7-13(10-14)17-12/h5,8,12-14,17H,2-4,6-7,9-10H2,1H3,(H,18,19). The van der Waals surface area contributed by atoms with E-state index in [-0.39, 0.29) is 5.91 Å². The van der Waals surface area contributed by atoms with E-state index in [2.05, 4.69) is 29.7 Å². The molecule has 1 amide bonds. The van der Waals surface area contributed by atoms with E-state index in [9.17, 15) is 4.79 Å². The summed E-state index contributed by atoms with van der Waals surface area (Å²) in [5, 5.41) is 6.85. The molecule has 20 heavy (non-hydrogen) atoms. The zero-order valence-corrected chi connectivity index (χ0v) is 13.0. The fourth-order valence-corrected chi connectivity index (χ4v) is 4.45. The van der Waals surface area contributed by atoms with Gasteiger partial charge in [-0.2, -0.15) is 0 Å². The maximum Gasteiger partial charge on any atom is 0.220 e. The van der Waals surface area contributed by atoms with Gasteiger partial charge in [-0.3, -0.25) is 4.79 Å². The molecule has 2 N–H and O–H groups in total. The van der Waals surface area contributed by atoms with Crippen LogP contribution in [-0.2, 0) is 11.2 Å². The van der Waals surface area contributed by atoms with Crippen molar-refractivity contribution in [1.82, 2.24) is 10.6 Å². The van der Waals surface area contributed by atoms with Crippen molar-refractivity contribution in [3.8, 4) is 0 Å². The molecule has 1 aromatic heterocycles. The fraction of sp³-hybridized carbons (Fsp3) is 0.688. The van der Waals surface area contributed by atoms with Gasteiger partial charge >= 0.3 is 0 Å². The second-order valence-electron chi connectivity index (χ2n) is 6.24. The van der Waals surface area contributed by atoms with Crippen LogP contribution in [0.25, 0.3) is 0 Å². The summed E-state index contributed by atoms with van der Waals surface area (Å²) in [5.41, 5.74) is 0. The second-order valence-corrected chi connectivity index (χ2v) is 7.61. The van der Waals surface area contributed by atoms with Crippen LogP contribution in [0.4, 0.5) is 0 Å². The van der Waals surface area contributed by atoms with E-state index in [0.717, 1.165) is 25.7 Å². The monoisotopic (exact) mass is 292 g/mol. The summed E-state index contributed by atoms with van der Waals surface area (Å²) in [4.78, 5) is 14.8. The maximum atomic E-state index is 12.0. The van der Waals surface area contributed by atoms with E-state index in [0.29, 0.717) is 24.5 Å². The van der Waals surface area contributed by atoms with Crippen molar-refractivity contribution in [2.45, 2.75) is 70.0 Å². The first-order chi connectivity index (χ1) is 9.69. The van der Waals surface area contributed by atoms with E-state index >= 15 is 0 Å². The predicted octanol–water partition coefficient (Wildman–Crippen LogP) is 2.78. The van der Waals surface area contributed by atoms with Crippen molar-refractivity contribution in [2.75, 3.05) is 0 Å². The molecule has 3 heterocycles. The summed E-state index contributed by atoms with van der Waals surface area (Å²) >= 11 is 1.84. The highest BCUT2D eigenvalue weighted by Gasteiger charge is 2.33. The van der Waals surface area contributed by atoms with Crippen LogP contribution in [0.1, 0.15) is 48.3 Å². The molecule has 1 aromatic rings. The van der Waals surface area contributed by atoms with Crippen molar-refractivity contribution in [3.63, 3.8) is 0 Å². The number of fused-ring (bicyclic) bond motifs is 2. The van der Waals surface area contributed by atoms with Crippen molar-refractivity contribution in [2.24, 2.45) is 0 Å². The average Bonchev–Trinajstić information content (AvgIpc) is 2.96. The Morgan fingerprint density at radius 1 is 1.35 bits per heavy atom. The normalized spacial score (nSPS) is 28.6. The number of carbonyl (C=O) groups is 1. The number of piperidine rings is 1. The molecule has 0 saturated carbocycles. The van der Waals surface area contributed by atoms with Gasteiger partial charge in [0.25, 0.3) is 0 Å². The number of amides is 1. The zero-order chi connectivity index (χ0) is 13.9. The molecule has 0 radical (unpaired) electrons. The smallest absolute Gasteiger partial charge is 0.220 e. The summed E-state index contributed by atoms with van der Waals surface area (Å²) in [7, 11) is 0. The molecule has 2 bridgehead atoms. The van der Waals surface area contributed by atoms with Gasteiger partial charge in [0, 0.05) is 34.3 Å². The lowest BCUT2D eigenvalue weighted by molar-refractivity contribution is -0.122. The van der Waals surface area contributed by atoms with Crippen LogP contribution in [-0.4, -0.2) is 24.0 Å². The van der Waals surface area contributed by atoms with Crippen LogP contribution in [0.2, 0.25) is 0 Å². The van der Waals surface area contributed by atoms with Gasteiger partial charge in [-0.1, -0.05) is 0 Å². The number of carbonyl (C=O) groups excluding carboxylic acids is 1. The molecular formula is C16H24N2OS. The van der Waals surface area contributed by atoms with Crippen LogP contribution in [0, 0.1) is 6.92 Å². The van der Waals surface area contributed by atoms with Crippen LogP contribution in [0.3, 0.4) is 0 Å². The minimum atomic E-state index is 0.240. The lowest BCUT2D eigenvalue weighted by Crippen LogP contribution is -2.48. The molecule has 2 aliphatic heterocycles. The van der Waals surface area contributed by atoms with Crippen molar-refractivity contribution in [3.05, 3.63) is 21.9 Å². The van der Waals surface area contributed by atoms with Crippen LogP contribution in [0.5, 0.6) is 0 Å². The number of aryl methyl sites for hydroxylation is 2. The molecule has 2 unspecified atom stereocenters. The molecule has 0 aliphatic carbocycles. The predicted molar refractivity (Wildman–Crippen MR) is 83.1 cm³/mol. The highest BCUT2D eigenvalue weighted by atomic mass is 32.1. The molecular weight excluding hydrogens is 268 g/mol. The number of hydrogen-bond acceptors (Lipinski definition) is 3. The molecule has 2 atom stereocenters. The SMILES string of the molecule is Cc1ccc(CCCC(=O)NC2CC3CCC(C2)N3)s1. The van der Waals surface area contributed by atoms with Crippen molar-refractivity contribution >= 4 is 17.2 Å². The largest absolute Gasteiger partial charge is 0.353 e. The van der Waals surface area contributed by atoms with Gasteiger partial charge in [0.15, 0.2) is 0 Å². The average molecular weight is 292 g/mol.